The highest BCUT2D eigenvalue weighted by atomic mass is 19.4. The van der Waals surface area contributed by atoms with Gasteiger partial charge in [0.2, 0.25) is 5.95 Å². The molecule has 1 atom stereocenters. The van der Waals surface area contributed by atoms with E-state index in [9.17, 15) is 13.2 Å². The van der Waals surface area contributed by atoms with E-state index in [0.717, 1.165) is 6.07 Å². The van der Waals surface area contributed by atoms with Crippen molar-refractivity contribution in [3.05, 3.63) is 36.0 Å². The lowest BCUT2D eigenvalue weighted by Gasteiger charge is -2.15. The summed E-state index contributed by atoms with van der Waals surface area (Å²) >= 11 is 0. The topological polar surface area (TPSA) is 79.3 Å². The fourth-order valence-corrected chi connectivity index (χ4v) is 1.84. The van der Waals surface area contributed by atoms with Gasteiger partial charge in [0.15, 0.2) is 5.69 Å². The van der Waals surface area contributed by atoms with E-state index in [1.807, 2.05) is 0 Å². The second-order valence-corrected chi connectivity index (χ2v) is 5.04. The summed E-state index contributed by atoms with van der Waals surface area (Å²) in [6, 6.07) is 7.02. The van der Waals surface area contributed by atoms with Gasteiger partial charge in [-0.3, -0.25) is 0 Å². The SMILES string of the molecule is COc1cccc(Nc2cc(C(F)(F)F)nc(N[C@H](C)CO)n2)c1. The molecule has 0 radical (unpaired) electrons. The maximum Gasteiger partial charge on any atom is 0.433 e. The zero-order chi connectivity index (χ0) is 17.7. The van der Waals surface area contributed by atoms with Crippen molar-refractivity contribution in [1.82, 2.24) is 9.97 Å². The number of aliphatic hydroxyl groups is 1. The van der Waals surface area contributed by atoms with Gasteiger partial charge in [0.1, 0.15) is 11.6 Å². The first-order valence-electron chi connectivity index (χ1n) is 7.06. The molecule has 0 spiro atoms. The van der Waals surface area contributed by atoms with E-state index in [0.29, 0.717) is 11.4 Å². The number of hydrogen-bond donors (Lipinski definition) is 3. The third kappa shape index (κ3) is 4.72. The number of nitrogens with zero attached hydrogens (tertiary/aromatic N) is 2. The van der Waals surface area contributed by atoms with Crippen molar-refractivity contribution in [2.45, 2.75) is 19.1 Å². The largest absolute Gasteiger partial charge is 0.497 e. The number of methoxy groups -OCH3 is 1. The van der Waals surface area contributed by atoms with Crippen LogP contribution in [-0.2, 0) is 6.18 Å². The van der Waals surface area contributed by atoms with Crippen molar-refractivity contribution in [1.29, 1.82) is 0 Å². The Morgan fingerprint density at radius 1 is 1.25 bits per heavy atom. The zero-order valence-corrected chi connectivity index (χ0v) is 13.1. The highest BCUT2D eigenvalue weighted by Crippen LogP contribution is 2.31. The zero-order valence-electron chi connectivity index (χ0n) is 13.1. The van der Waals surface area contributed by atoms with Crippen LogP contribution in [0.1, 0.15) is 12.6 Å². The lowest BCUT2D eigenvalue weighted by Crippen LogP contribution is -2.22. The van der Waals surface area contributed by atoms with E-state index in [1.54, 1.807) is 31.2 Å². The van der Waals surface area contributed by atoms with E-state index >= 15 is 0 Å². The van der Waals surface area contributed by atoms with Crippen LogP contribution in [0.4, 0.5) is 30.6 Å². The quantitative estimate of drug-likeness (QED) is 0.749. The minimum atomic E-state index is -4.62. The van der Waals surface area contributed by atoms with Gasteiger partial charge in [-0.2, -0.15) is 18.2 Å². The van der Waals surface area contributed by atoms with Crippen molar-refractivity contribution >= 4 is 17.5 Å². The van der Waals surface area contributed by atoms with E-state index in [-0.39, 0.29) is 18.4 Å². The first-order chi connectivity index (χ1) is 11.3. The van der Waals surface area contributed by atoms with E-state index < -0.39 is 17.9 Å². The number of ether oxygens (including phenoxy) is 1. The standard InChI is InChI=1S/C15H17F3N4O2/c1-9(8-23)19-14-21-12(15(16,17)18)7-13(22-14)20-10-4-3-5-11(6-10)24-2/h3-7,9,23H,8H2,1-2H3,(H2,19,20,21,22)/t9-/m1/s1. The number of benzene rings is 1. The van der Waals surface area contributed by atoms with E-state index in [4.69, 9.17) is 9.84 Å². The number of aromatic nitrogens is 2. The molecule has 24 heavy (non-hydrogen) atoms. The number of rotatable bonds is 6. The van der Waals surface area contributed by atoms with Gasteiger partial charge in [0.25, 0.3) is 0 Å². The number of aliphatic hydroxyl groups excluding tert-OH is 1. The van der Waals surface area contributed by atoms with Gasteiger partial charge in [0, 0.05) is 23.9 Å². The van der Waals surface area contributed by atoms with Crippen molar-refractivity contribution in [2.75, 3.05) is 24.4 Å². The third-order valence-electron chi connectivity index (χ3n) is 3.01. The molecular formula is C15H17F3N4O2. The minimum Gasteiger partial charge on any atom is -0.497 e. The predicted octanol–water partition coefficient (Wildman–Crippen LogP) is 3.04. The van der Waals surface area contributed by atoms with Gasteiger partial charge in [-0.05, 0) is 19.1 Å². The van der Waals surface area contributed by atoms with Crippen molar-refractivity contribution in [3.8, 4) is 5.75 Å². The molecule has 1 heterocycles. The maximum atomic E-state index is 13.0. The molecule has 0 aliphatic heterocycles. The molecule has 0 saturated heterocycles. The van der Waals surface area contributed by atoms with Crippen LogP contribution >= 0.6 is 0 Å². The van der Waals surface area contributed by atoms with Gasteiger partial charge < -0.3 is 20.5 Å². The highest BCUT2D eigenvalue weighted by molar-refractivity contribution is 5.59. The molecular weight excluding hydrogens is 325 g/mol. The number of hydrogen-bond acceptors (Lipinski definition) is 6. The van der Waals surface area contributed by atoms with Gasteiger partial charge >= 0.3 is 6.18 Å². The van der Waals surface area contributed by atoms with Crippen LogP contribution < -0.4 is 15.4 Å². The summed E-state index contributed by atoms with van der Waals surface area (Å²) in [5.41, 5.74) is -0.571. The smallest absolute Gasteiger partial charge is 0.433 e. The molecule has 0 saturated carbocycles. The van der Waals surface area contributed by atoms with Crippen molar-refractivity contribution < 1.29 is 23.0 Å². The Hall–Kier alpha value is -2.55. The van der Waals surface area contributed by atoms with Crippen LogP contribution in [0.3, 0.4) is 0 Å². The normalized spacial score (nSPS) is 12.6. The van der Waals surface area contributed by atoms with Crippen LogP contribution in [0.25, 0.3) is 0 Å². The average Bonchev–Trinajstić information content (AvgIpc) is 2.53. The molecule has 9 heteroatoms. The minimum absolute atomic E-state index is 0.0294. The Morgan fingerprint density at radius 2 is 2.00 bits per heavy atom. The monoisotopic (exact) mass is 342 g/mol. The molecule has 3 N–H and O–H groups in total. The van der Waals surface area contributed by atoms with Crippen LogP contribution in [0.5, 0.6) is 5.75 Å². The van der Waals surface area contributed by atoms with Gasteiger partial charge in [-0.1, -0.05) is 6.07 Å². The van der Waals surface area contributed by atoms with Gasteiger partial charge in [-0.25, -0.2) is 4.98 Å². The molecule has 0 aliphatic rings. The lowest BCUT2D eigenvalue weighted by molar-refractivity contribution is -0.141. The van der Waals surface area contributed by atoms with Crippen LogP contribution in [-0.4, -0.2) is 34.8 Å². The molecule has 1 aromatic carbocycles. The molecule has 130 valence electrons. The van der Waals surface area contributed by atoms with E-state index in [2.05, 4.69) is 20.6 Å². The summed E-state index contributed by atoms with van der Waals surface area (Å²) in [6.45, 7) is 1.33. The molecule has 2 rings (SSSR count). The summed E-state index contributed by atoms with van der Waals surface area (Å²) in [5, 5.41) is 14.4. The molecule has 0 amide bonds. The first kappa shape index (κ1) is 17.8. The molecule has 2 aromatic rings. The van der Waals surface area contributed by atoms with Crippen LogP contribution in [0, 0.1) is 0 Å². The maximum absolute atomic E-state index is 13.0. The van der Waals surface area contributed by atoms with E-state index in [1.165, 1.54) is 7.11 Å². The van der Waals surface area contributed by atoms with Crippen molar-refractivity contribution in [2.24, 2.45) is 0 Å². The summed E-state index contributed by atoms with van der Waals surface area (Å²) in [7, 11) is 1.49. The highest BCUT2D eigenvalue weighted by Gasteiger charge is 2.34. The molecule has 1 aromatic heterocycles. The molecule has 0 fully saturated rings. The van der Waals surface area contributed by atoms with Crippen LogP contribution in [0.15, 0.2) is 30.3 Å². The second kappa shape index (κ2) is 7.35. The summed E-state index contributed by atoms with van der Waals surface area (Å²) in [5.74, 6) is 0.298. The Bertz CT molecular complexity index is 695. The molecule has 0 bridgehead atoms. The summed E-state index contributed by atoms with van der Waals surface area (Å²) in [4.78, 5) is 7.45. The van der Waals surface area contributed by atoms with Crippen LogP contribution in [0.2, 0.25) is 0 Å². The average molecular weight is 342 g/mol. The third-order valence-corrected chi connectivity index (χ3v) is 3.01. The van der Waals surface area contributed by atoms with Gasteiger partial charge in [-0.15, -0.1) is 0 Å². The Kier molecular flexibility index (Phi) is 5.45. The first-order valence-corrected chi connectivity index (χ1v) is 7.06. The Balaban J connectivity index is 2.34. The number of alkyl halides is 3. The fraction of sp³-hybridized carbons (Fsp3) is 0.333. The molecule has 0 aliphatic carbocycles. The predicted molar refractivity (Wildman–Crippen MR) is 83.5 cm³/mol. The summed E-state index contributed by atoms with van der Waals surface area (Å²) in [6.07, 6.45) is -4.62. The second-order valence-electron chi connectivity index (χ2n) is 5.04. The summed E-state index contributed by atoms with van der Waals surface area (Å²) < 4.78 is 44.1. The van der Waals surface area contributed by atoms with Crippen molar-refractivity contribution in [3.63, 3.8) is 0 Å². The molecule has 6 nitrogen and oxygen atoms in total. The lowest BCUT2D eigenvalue weighted by atomic mass is 10.3. The Labute approximate surface area is 136 Å². The fourth-order valence-electron chi connectivity index (χ4n) is 1.84. The number of anilines is 3. The Morgan fingerprint density at radius 3 is 2.62 bits per heavy atom. The van der Waals surface area contributed by atoms with Gasteiger partial charge in [0.05, 0.1) is 13.7 Å². The molecule has 0 unspecified atom stereocenters. The number of halogens is 3. The number of nitrogens with one attached hydrogen (secondary N) is 2.